The van der Waals surface area contributed by atoms with Gasteiger partial charge in [-0.1, -0.05) is 26.7 Å². The van der Waals surface area contributed by atoms with Crippen molar-refractivity contribution in [2.75, 3.05) is 26.9 Å². The average Bonchev–Trinajstić information content (AvgIpc) is 3.28. The molecule has 6 atom stereocenters. The number of hydrogen-bond donors (Lipinski definition) is 1. The standard InChI is InChI=1S/C25H40NO15P/c1-7-9-11-35-42(32,36-12-10-8-2)41-25(23(30)33-6)13-18-20(26-24(31)39-18)22(40-25)21(38-17(5)29)19(37-16(4)28)14-34-15(3)27/h18-22H,7-14H2,1-6H3,(H,26,31)/t18?,19-,20?,21-,22?,25?/m1/s1. The van der Waals surface area contributed by atoms with Crippen LogP contribution in [0.5, 0.6) is 0 Å². The van der Waals surface area contributed by atoms with Crippen molar-refractivity contribution in [1.82, 2.24) is 5.32 Å². The Balaban J connectivity index is 2.62. The molecule has 0 bridgehead atoms. The molecule has 2 aliphatic heterocycles. The van der Waals surface area contributed by atoms with Crippen molar-refractivity contribution >= 4 is 37.8 Å². The first-order valence-electron chi connectivity index (χ1n) is 13.6. The van der Waals surface area contributed by atoms with E-state index in [0.29, 0.717) is 25.7 Å². The predicted molar refractivity (Wildman–Crippen MR) is 140 cm³/mol. The number of phosphoric acid groups is 1. The molecule has 1 amide bonds. The van der Waals surface area contributed by atoms with Crippen LogP contribution in [0.25, 0.3) is 0 Å². The third-order valence-electron chi connectivity index (χ3n) is 6.10. The van der Waals surface area contributed by atoms with Gasteiger partial charge in [-0.2, -0.15) is 0 Å². The average molecular weight is 626 g/mol. The molecule has 16 nitrogen and oxygen atoms in total. The summed E-state index contributed by atoms with van der Waals surface area (Å²) in [5.41, 5.74) is 0. The molecule has 0 saturated carbocycles. The van der Waals surface area contributed by atoms with Gasteiger partial charge in [-0.15, -0.1) is 0 Å². The van der Waals surface area contributed by atoms with Crippen LogP contribution in [-0.2, 0) is 65.7 Å². The molecule has 2 saturated heterocycles. The Kier molecular flexibility index (Phi) is 13.6. The monoisotopic (exact) mass is 625 g/mol. The van der Waals surface area contributed by atoms with Crippen LogP contribution in [-0.4, -0.2) is 93.1 Å². The van der Waals surface area contributed by atoms with Gasteiger partial charge in [-0.25, -0.2) is 18.7 Å². The summed E-state index contributed by atoms with van der Waals surface area (Å²) in [5.74, 6) is -6.23. The summed E-state index contributed by atoms with van der Waals surface area (Å²) < 4.78 is 62.7. The fraction of sp³-hybridized carbons (Fsp3) is 0.800. The lowest BCUT2D eigenvalue weighted by Gasteiger charge is -2.45. The van der Waals surface area contributed by atoms with Crippen LogP contribution >= 0.6 is 7.82 Å². The number of carbonyl (C=O) groups excluding carboxylic acids is 5. The minimum Gasteiger partial charge on any atom is -0.465 e. The molecular weight excluding hydrogens is 585 g/mol. The van der Waals surface area contributed by atoms with E-state index in [-0.39, 0.29) is 13.2 Å². The molecule has 4 unspecified atom stereocenters. The number of amides is 1. The van der Waals surface area contributed by atoms with E-state index < -0.39 is 87.1 Å². The molecule has 42 heavy (non-hydrogen) atoms. The molecule has 0 radical (unpaired) electrons. The zero-order chi connectivity index (χ0) is 31.5. The number of hydrogen-bond acceptors (Lipinski definition) is 15. The highest BCUT2D eigenvalue weighted by Crippen LogP contribution is 2.56. The number of carbonyl (C=O) groups is 5. The Morgan fingerprint density at radius 2 is 1.60 bits per heavy atom. The number of nitrogens with one attached hydrogen (secondary N) is 1. The molecule has 0 aliphatic carbocycles. The van der Waals surface area contributed by atoms with E-state index in [1.54, 1.807) is 0 Å². The van der Waals surface area contributed by atoms with Crippen LogP contribution in [0, 0.1) is 0 Å². The first-order chi connectivity index (χ1) is 19.8. The largest absolute Gasteiger partial charge is 0.477 e. The van der Waals surface area contributed by atoms with Gasteiger partial charge in [0.15, 0.2) is 12.2 Å². The van der Waals surface area contributed by atoms with Gasteiger partial charge in [-0.05, 0) is 12.8 Å². The smallest absolute Gasteiger partial charge is 0.465 e. The van der Waals surface area contributed by atoms with Crippen molar-refractivity contribution in [2.24, 2.45) is 0 Å². The second-order valence-corrected chi connectivity index (χ2v) is 11.2. The van der Waals surface area contributed by atoms with Gasteiger partial charge in [0, 0.05) is 20.8 Å². The third kappa shape index (κ3) is 9.90. The topological polar surface area (TPSA) is 198 Å². The summed E-state index contributed by atoms with van der Waals surface area (Å²) in [4.78, 5) is 61.4. The van der Waals surface area contributed by atoms with Crippen LogP contribution < -0.4 is 5.32 Å². The van der Waals surface area contributed by atoms with E-state index in [2.05, 4.69) is 5.32 Å². The van der Waals surface area contributed by atoms with Crippen LogP contribution in [0.4, 0.5) is 4.79 Å². The van der Waals surface area contributed by atoms with Gasteiger partial charge in [0.2, 0.25) is 0 Å². The predicted octanol–water partition coefficient (Wildman–Crippen LogP) is 2.31. The highest BCUT2D eigenvalue weighted by atomic mass is 31.2. The molecule has 17 heteroatoms. The third-order valence-corrected chi connectivity index (χ3v) is 7.62. The molecular formula is C25H40NO15P. The molecule has 0 aromatic rings. The van der Waals surface area contributed by atoms with E-state index in [4.69, 9.17) is 42.0 Å². The van der Waals surface area contributed by atoms with E-state index in [0.717, 1.165) is 27.9 Å². The van der Waals surface area contributed by atoms with Gasteiger partial charge in [-0.3, -0.25) is 23.4 Å². The Morgan fingerprint density at radius 3 is 2.10 bits per heavy atom. The highest BCUT2D eigenvalue weighted by molar-refractivity contribution is 7.48. The maximum Gasteiger partial charge on any atom is 0.477 e. The lowest BCUT2D eigenvalue weighted by Crippen LogP contribution is -2.66. The summed E-state index contributed by atoms with van der Waals surface area (Å²) in [7, 11) is -3.52. The minimum atomic E-state index is -4.54. The van der Waals surface area contributed by atoms with E-state index >= 15 is 0 Å². The normalized spacial score (nSPS) is 24.8. The molecule has 0 spiro atoms. The maximum absolute atomic E-state index is 13.8. The summed E-state index contributed by atoms with van der Waals surface area (Å²) >= 11 is 0. The fourth-order valence-electron chi connectivity index (χ4n) is 4.26. The molecule has 2 fully saturated rings. The van der Waals surface area contributed by atoms with Crippen molar-refractivity contribution < 1.29 is 70.5 Å². The lowest BCUT2D eigenvalue weighted by molar-refractivity contribution is -0.286. The van der Waals surface area contributed by atoms with Gasteiger partial charge in [0.25, 0.3) is 5.79 Å². The summed E-state index contributed by atoms with van der Waals surface area (Å²) in [5, 5.41) is 2.51. The Morgan fingerprint density at radius 1 is 1.00 bits per heavy atom. The molecule has 0 aromatic heterocycles. The Labute approximate surface area is 243 Å². The number of rotatable bonds is 17. The number of phosphoric ester groups is 1. The number of unbranched alkanes of at least 4 members (excludes halogenated alkanes) is 2. The first kappa shape index (κ1) is 35.4. The second-order valence-electron chi connectivity index (χ2n) is 9.58. The van der Waals surface area contributed by atoms with E-state index in [1.807, 2.05) is 13.8 Å². The van der Waals surface area contributed by atoms with Gasteiger partial charge < -0.3 is 33.7 Å². The Hall–Kier alpha value is -2.78. The maximum atomic E-state index is 13.8. The number of esters is 4. The van der Waals surface area contributed by atoms with Gasteiger partial charge in [0.05, 0.1) is 32.8 Å². The van der Waals surface area contributed by atoms with Crippen molar-refractivity contribution in [3.8, 4) is 0 Å². The highest BCUT2D eigenvalue weighted by Gasteiger charge is 2.63. The minimum absolute atomic E-state index is 0.0455. The summed E-state index contributed by atoms with van der Waals surface area (Å²) in [6.07, 6.45) is -4.97. The quantitative estimate of drug-likeness (QED) is 0.107. The van der Waals surface area contributed by atoms with Crippen LogP contribution in [0.2, 0.25) is 0 Å². The van der Waals surface area contributed by atoms with Crippen LogP contribution in [0.1, 0.15) is 66.7 Å². The molecule has 240 valence electrons. The molecule has 2 aliphatic rings. The van der Waals surface area contributed by atoms with Gasteiger partial charge >= 0.3 is 37.8 Å². The van der Waals surface area contributed by atoms with Crippen LogP contribution in [0.3, 0.4) is 0 Å². The molecule has 2 rings (SSSR count). The van der Waals surface area contributed by atoms with Crippen molar-refractivity contribution in [2.45, 2.75) is 103 Å². The van der Waals surface area contributed by atoms with Crippen LogP contribution in [0.15, 0.2) is 0 Å². The summed E-state index contributed by atoms with van der Waals surface area (Å²) in [6, 6.07) is -1.11. The summed E-state index contributed by atoms with van der Waals surface area (Å²) in [6.45, 7) is 6.30. The molecule has 1 N–H and O–H groups in total. The zero-order valence-electron chi connectivity index (χ0n) is 24.6. The SMILES string of the molecule is CCCCOP(=O)(OCCCC)OC1(C(=O)OC)CC2OC(=O)NC2C([C@H](OC(C)=O)[C@@H](COC(C)=O)OC(C)=O)O1. The number of fused-ring (bicyclic) bond motifs is 1. The van der Waals surface area contributed by atoms with E-state index in [1.165, 1.54) is 0 Å². The number of ether oxygens (including phenoxy) is 6. The Bertz CT molecular complexity index is 1010. The van der Waals surface area contributed by atoms with Crippen molar-refractivity contribution in [3.05, 3.63) is 0 Å². The van der Waals surface area contributed by atoms with Gasteiger partial charge in [0.1, 0.15) is 18.8 Å². The number of methoxy groups -OCH3 is 1. The van der Waals surface area contributed by atoms with E-state index in [9.17, 15) is 28.5 Å². The zero-order valence-corrected chi connectivity index (χ0v) is 25.5. The van der Waals surface area contributed by atoms with Crippen molar-refractivity contribution in [3.63, 3.8) is 0 Å². The fourth-order valence-corrected chi connectivity index (χ4v) is 5.70. The second kappa shape index (κ2) is 16.2. The van der Waals surface area contributed by atoms with Crippen molar-refractivity contribution in [1.29, 1.82) is 0 Å². The first-order valence-corrected chi connectivity index (χ1v) is 15.1. The lowest BCUT2D eigenvalue weighted by atomic mass is 9.89. The molecule has 2 heterocycles. The molecule has 0 aromatic carbocycles. The number of alkyl carbamates (subject to hydrolysis) is 1.